The molecule has 0 spiro atoms. The van der Waals surface area contributed by atoms with Gasteiger partial charge in [0.15, 0.2) is 0 Å². The van der Waals surface area contributed by atoms with Crippen LogP contribution in [0.4, 0.5) is 5.69 Å². The zero-order valence-electron chi connectivity index (χ0n) is 18.6. The quantitative estimate of drug-likeness (QED) is 0.344. The van der Waals surface area contributed by atoms with E-state index in [1.165, 1.54) is 24.8 Å². The molecule has 1 heterocycles. The van der Waals surface area contributed by atoms with Gasteiger partial charge in [-0.05, 0) is 41.3 Å². The van der Waals surface area contributed by atoms with Crippen LogP contribution >= 0.6 is 0 Å². The number of amides is 2. The van der Waals surface area contributed by atoms with Gasteiger partial charge in [0.1, 0.15) is 11.5 Å². The van der Waals surface area contributed by atoms with E-state index in [2.05, 4.69) is 0 Å². The highest BCUT2D eigenvalue weighted by molar-refractivity contribution is 6.25. The highest BCUT2D eigenvalue weighted by Crippen LogP contribution is 2.64. The van der Waals surface area contributed by atoms with Gasteiger partial charge in [-0.3, -0.25) is 19.2 Å². The number of rotatable bonds is 3. The van der Waals surface area contributed by atoms with Crippen LogP contribution in [0.15, 0.2) is 72.8 Å². The van der Waals surface area contributed by atoms with Crippen molar-refractivity contribution in [3.8, 4) is 5.75 Å². The monoisotopic (exact) mass is 451 g/mol. The van der Waals surface area contributed by atoms with Crippen LogP contribution in [-0.2, 0) is 24.6 Å². The lowest BCUT2D eigenvalue weighted by atomic mass is 9.46. The topological polar surface area (TPSA) is 80.8 Å². The van der Waals surface area contributed by atoms with Crippen molar-refractivity contribution in [2.45, 2.75) is 25.2 Å². The van der Waals surface area contributed by atoms with Gasteiger partial charge in [0.25, 0.3) is 0 Å². The number of benzene rings is 3. The third kappa shape index (κ3) is 2.40. The summed E-state index contributed by atoms with van der Waals surface area (Å²) in [4.78, 5) is 54.2. The number of nitrogens with zero attached hydrogens (tertiary/aromatic N) is 1. The third-order valence-electron chi connectivity index (χ3n) is 7.51. The van der Waals surface area contributed by atoms with Gasteiger partial charge in [-0.1, -0.05) is 54.6 Å². The molecule has 3 aromatic rings. The summed E-state index contributed by atoms with van der Waals surface area (Å²) in [7, 11) is 0. The maximum absolute atomic E-state index is 14.0. The molecule has 0 radical (unpaired) electrons. The summed E-state index contributed by atoms with van der Waals surface area (Å²) in [5.41, 5.74) is 2.56. The number of esters is 1. The van der Waals surface area contributed by atoms with Crippen molar-refractivity contribution < 1.29 is 23.9 Å². The van der Waals surface area contributed by atoms with Gasteiger partial charge in [0, 0.05) is 18.9 Å². The van der Waals surface area contributed by atoms with Crippen LogP contribution in [0.3, 0.4) is 0 Å². The number of carbonyl (C=O) groups is 4. The summed E-state index contributed by atoms with van der Waals surface area (Å²) in [5, 5.41) is 0. The molecule has 1 fully saturated rings. The maximum Gasteiger partial charge on any atom is 0.308 e. The van der Waals surface area contributed by atoms with Crippen LogP contribution in [0.5, 0.6) is 5.75 Å². The molecule has 0 saturated carbocycles. The van der Waals surface area contributed by atoms with E-state index in [0.717, 1.165) is 22.3 Å². The average molecular weight is 451 g/mol. The highest BCUT2D eigenvalue weighted by Gasteiger charge is 2.70. The number of ether oxygens (including phenoxy) is 1. The number of hydrogen-bond acceptors (Lipinski definition) is 5. The SMILES string of the molecule is CC(=O)Oc1cccc(N2C(=O)[C@@H]3C4c5ccccc5C(C(C)=O)(c5ccccc54)[C@H]3C2=O)c1. The van der Waals surface area contributed by atoms with Crippen molar-refractivity contribution in [3.05, 3.63) is 95.1 Å². The Morgan fingerprint density at radius 2 is 1.44 bits per heavy atom. The molecule has 3 aromatic carbocycles. The van der Waals surface area contributed by atoms with Crippen molar-refractivity contribution in [2.24, 2.45) is 11.8 Å². The Morgan fingerprint density at radius 3 is 2.03 bits per heavy atom. The molecule has 2 amide bonds. The highest BCUT2D eigenvalue weighted by atomic mass is 16.5. The smallest absolute Gasteiger partial charge is 0.308 e. The fourth-order valence-electron chi connectivity index (χ4n) is 6.48. The number of anilines is 1. The van der Waals surface area contributed by atoms with Crippen LogP contribution in [0.1, 0.15) is 42.0 Å². The van der Waals surface area contributed by atoms with Crippen molar-refractivity contribution in [1.82, 2.24) is 0 Å². The lowest BCUT2D eigenvalue weighted by Crippen LogP contribution is -2.57. The predicted octanol–water partition coefficient (Wildman–Crippen LogP) is 3.75. The molecule has 2 bridgehead atoms. The fourth-order valence-corrected chi connectivity index (χ4v) is 6.48. The molecule has 0 unspecified atom stereocenters. The van der Waals surface area contributed by atoms with Crippen LogP contribution in [0.2, 0.25) is 0 Å². The van der Waals surface area contributed by atoms with Crippen LogP contribution in [-0.4, -0.2) is 23.6 Å². The zero-order chi connectivity index (χ0) is 23.8. The Kier molecular flexibility index (Phi) is 4.21. The van der Waals surface area contributed by atoms with E-state index in [0.29, 0.717) is 5.69 Å². The van der Waals surface area contributed by atoms with Gasteiger partial charge in [-0.15, -0.1) is 0 Å². The first-order chi connectivity index (χ1) is 16.4. The molecule has 34 heavy (non-hydrogen) atoms. The lowest BCUT2D eigenvalue weighted by molar-refractivity contribution is -0.133. The van der Waals surface area contributed by atoms with E-state index in [1.807, 2.05) is 48.5 Å². The third-order valence-corrected chi connectivity index (χ3v) is 7.51. The normalized spacial score (nSPS) is 26.1. The summed E-state index contributed by atoms with van der Waals surface area (Å²) in [6.07, 6.45) is 0. The first kappa shape index (κ1) is 20.5. The number of ketones is 1. The summed E-state index contributed by atoms with van der Waals surface area (Å²) in [6, 6.07) is 21.7. The minimum atomic E-state index is -1.23. The summed E-state index contributed by atoms with van der Waals surface area (Å²) in [6.45, 7) is 2.80. The number of imide groups is 1. The minimum absolute atomic E-state index is 0.155. The molecule has 6 heteroatoms. The zero-order valence-corrected chi connectivity index (χ0v) is 18.6. The standard InChI is InChI=1S/C28H21NO5/c1-15(30)28-21-12-5-3-10-19(21)23(20-11-4-6-13-22(20)28)24-25(28)27(33)29(26(24)32)17-8-7-9-18(14-17)34-16(2)31/h3-14,23-25H,1-2H3/t23?,24-,25-,28?/m1/s1. The Hall–Kier alpha value is -4.06. The molecule has 168 valence electrons. The number of Topliss-reactive ketones (excluding diaryl/α,β-unsaturated/α-hetero) is 1. The Bertz CT molecular complexity index is 1380. The number of hydrogen-bond donors (Lipinski definition) is 0. The largest absolute Gasteiger partial charge is 0.427 e. The van der Waals surface area contributed by atoms with Gasteiger partial charge in [0.2, 0.25) is 11.8 Å². The molecule has 1 aliphatic heterocycles. The van der Waals surface area contributed by atoms with Crippen molar-refractivity contribution in [3.63, 3.8) is 0 Å². The molecule has 0 N–H and O–H groups in total. The van der Waals surface area contributed by atoms with Crippen molar-refractivity contribution in [2.75, 3.05) is 4.90 Å². The van der Waals surface area contributed by atoms with Crippen LogP contribution in [0, 0.1) is 11.8 Å². The molecule has 4 aliphatic rings. The predicted molar refractivity (Wildman–Crippen MR) is 123 cm³/mol. The van der Waals surface area contributed by atoms with Gasteiger partial charge < -0.3 is 4.74 Å². The Balaban J connectivity index is 1.59. The summed E-state index contributed by atoms with van der Waals surface area (Å²) >= 11 is 0. The fraction of sp³-hybridized carbons (Fsp3) is 0.214. The molecular formula is C28H21NO5. The van der Waals surface area contributed by atoms with Gasteiger partial charge in [0.05, 0.1) is 22.9 Å². The average Bonchev–Trinajstić information content (AvgIpc) is 3.09. The molecule has 2 atom stereocenters. The second kappa shape index (κ2) is 6.97. The van der Waals surface area contributed by atoms with Gasteiger partial charge in [-0.2, -0.15) is 0 Å². The van der Waals surface area contributed by atoms with E-state index < -0.39 is 29.1 Å². The van der Waals surface area contributed by atoms with E-state index in [-0.39, 0.29) is 23.4 Å². The first-order valence-electron chi connectivity index (χ1n) is 11.2. The molecular weight excluding hydrogens is 430 g/mol. The van der Waals surface area contributed by atoms with Crippen molar-refractivity contribution in [1.29, 1.82) is 0 Å². The lowest BCUT2D eigenvalue weighted by Gasteiger charge is -2.52. The number of carbonyl (C=O) groups excluding carboxylic acids is 4. The summed E-state index contributed by atoms with van der Waals surface area (Å²) in [5.74, 6) is -3.01. The van der Waals surface area contributed by atoms with E-state index >= 15 is 0 Å². The molecule has 7 rings (SSSR count). The minimum Gasteiger partial charge on any atom is -0.427 e. The van der Waals surface area contributed by atoms with E-state index in [9.17, 15) is 19.2 Å². The molecule has 0 aromatic heterocycles. The molecule has 3 aliphatic carbocycles. The second-order valence-corrected chi connectivity index (χ2v) is 9.12. The van der Waals surface area contributed by atoms with Crippen LogP contribution < -0.4 is 9.64 Å². The first-order valence-corrected chi connectivity index (χ1v) is 11.2. The molecule has 1 saturated heterocycles. The van der Waals surface area contributed by atoms with E-state index in [4.69, 9.17) is 4.74 Å². The van der Waals surface area contributed by atoms with Gasteiger partial charge in [-0.25, -0.2) is 4.90 Å². The van der Waals surface area contributed by atoms with Gasteiger partial charge >= 0.3 is 5.97 Å². The van der Waals surface area contributed by atoms with Crippen molar-refractivity contribution >= 4 is 29.3 Å². The second-order valence-electron chi connectivity index (χ2n) is 9.12. The summed E-state index contributed by atoms with van der Waals surface area (Å²) < 4.78 is 5.18. The molecule has 6 nitrogen and oxygen atoms in total. The Morgan fingerprint density at radius 1 is 0.824 bits per heavy atom. The van der Waals surface area contributed by atoms with Crippen LogP contribution in [0.25, 0.3) is 0 Å². The van der Waals surface area contributed by atoms with E-state index in [1.54, 1.807) is 18.2 Å². The Labute approximate surface area is 196 Å². The maximum atomic E-state index is 14.0.